The van der Waals surface area contributed by atoms with E-state index in [-0.39, 0.29) is 5.92 Å². The number of hydrogen-bond acceptors (Lipinski definition) is 1. The Kier molecular flexibility index (Phi) is 4.73. The Bertz CT molecular complexity index is 400. The Hall–Kier alpha value is -1.10. The van der Waals surface area contributed by atoms with Crippen LogP contribution in [0, 0.1) is 11.7 Å². The number of hydrogen-bond donors (Lipinski definition) is 1. The minimum Gasteiger partial charge on any atom is -0.324 e. The normalized spacial score (nSPS) is 15.5. The largest absolute Gasteiger partial charge is 0.419 e. The second-order valence-electron chi connectivity index (χ2n) is 4.53. The Morgan fingerprint density at radius 2 is 1.89 bits per heavy atom. The summed E-state index contributed by atoms with van der Waals surface area (Å²) < 4.78 is 50.8. The summed E-state index contributed by atoms with van der Waals surface area (Å²) in [7, 11) is 0. The lowest BCUT2D eigenvalue weighted by Crippen LogP contribution is -2.20. The van der Waals surface area contributed by atoms with Gasteiger partial charge in [-0.05, 0) is 30.0 Å². The molecule has 0 aliphatic rings. The molecule has 1 aromatic carbocycles. The standard InChI is InChI=1S/C13H17F4N/c1-3-4-8(2)12(18)9-5-6-11(14)10(7-9)13(15,16)17/h5-8,12H,3-4,18H2,1-2H3. The lowest BCUT2D eigenvalue weighted by molar-refractivity contribution is -0.140. The van der Waals surface area contributed by atoms with Gasteiger partial charge in [-0.1, -0.05) is 26.3 Å². The van der Waals surface area contributed by atoms with Crippen molar-refractivity contribution in [1.82, 2.24) is 0 Å². The second-order valence-corrected chi connectivity index (χ2v) is 4.53. The molecule has 0 amide bonds. The molecule has 0 aliphatic heterocycles. The van der Waals surface area contributed by atoms with E-state index in [1.54, 1.807) is 0 Å². The van der Waals surface area contributed by atoms with Gasteiger partial charge in [-0.15, -0.1) is 0 Å². The van der Waals surface area contributed by atoms with E-state index in [1.165, 1.54) is 6.07 Å². The van der Waals surface area contributed by atoms with E-state index in [1.807, 2.05) is 13.8 Å². The molecule has 0 spiro atoms. The Labute approximate surface area is 104 Å². The van der Waals surface area contributed by atoms with Crippen LogP contribution in [0.25, 0.3) is 0 Å². The van der Waals surface area contributed by atoms with Crippen molar-refractivity contribution in [3.05, 3.63) is 35.1 Å². The quantitative estimate of drug-likeness (QED) is 0.806. The smallest absolute Gasteiger partial charge is 0.324 e. The van der Waals surface area contributed by atoms with E-state index in [0.717, 1.165) is 25.0 Å². The lowest BCUT2D eigenvalue weighted by Gasteiger charge is -2.21. The van der Waals surface area contributed by atoms with Crippen LogP contribution in [-0.2, 0) is 6.18 Å². The fraction of sp³-hybridized carbons (Fsp3) is 0.538. The van der Waals surface area contributed by atoms with Gasteiger partial charge in [-0.2, -0.15) is 13.2 Å². The van der Waals surface area contributed by atoms with Gasteiger partial charge >= 0.3 is 6.18 Å². The predicted octanol–water partition coefficient (Wildman–Crippen LogP) is 4.28. The van der Waals surface area contributed by atoms with Crippen molar-refractivity contribution in [3.63, 3.8) is 0 Å². The van der Waals surface area contributed by atoms with Crippen molar-refractivity contribution in [3.8, 4) is 0 Å². The maximum atomic E-state index is 13.1. The van der Waals surface area contributed by atoms with E-state index in [2.05, 4.69) is 0 Å². The van der Waals surface area contributed by atoms with Crippen LogP contribution in [0.1, 0.15) is 43.9 Å². The first-order valence-electron chi connectivity index (χ1n) is 5.89. The molecule has 0 saturated heterocycles. The molecule has 1 rings (SSSR count). The van der Waals surface area contributed by atoms with Crippen LogP contribution in [0.3, 0.4) is 0 Å². The molecule has 0 aromatic heterocycles. The molecule has 2 atom stereocenters. The predicted molar refractivity (Wildman–Crippen MR) is 62.4 cm³/mol. The highest BCUT2D eigenvalue weighted by Crippen LogP contribution is 2.34. The summed E-state index contributed by atoms with van der Waals surface area (Å²) in [5, 5.41) is 0. The van der Waals surface area contributed by atoms with Gasteiger partial charge in [0.05, 0.1) is 5.56 Å². The van der Waals surface area contributed by atoms with E-state index in [4.69, 9.17) is 5.73 Å². The fourth-order valence-corrected chi connectivity index (χ4v) is 1.93. The number of rotatable bonds is 4. The van der Waals surface area contributed by atoms with Crippen molar-refractivity contribution in [1.29, 1.82) is 0 Å². The van der Waals surface area contributed by atoms with Gasteiger partial charge in [0, 0.05) is 6.04 Å². The number of nitrogens with two attached hydrogens (primary N) is 1. The van der Waals surface area contributed by atoms with Crippen LogP contribution >= 0.6 is 0 Å². The van der Waals surface area contributed by atoms with E-state index >= 15 is 0 Å². The van der Waals surface area contributed by atoms with Crippen molar-refractivity contribution < 1.29 is 17.6 Å². The molecular weight excluding hydrogens is 246 g/mol. The number of alkyl halides is 3. The molecule has 0 radical (unpaired) electrons. The molecule has 1 nitrogen and oxygen atoms in total. The molecule has 18 heavy (non-hydrogen) atoms. The van der Waals surface area contributed by atoms with Gasteiger partial charge in [-0.25, -0.2) is 4.39 Å². The zero-order chi connectivity index (χ0) is 13.9. The van der Waals surface area contributed by atoms with Crippen LogP contribution in [-0.4, -0.2) is 0 Å². The van der Waals surface area contributed by atoms with Crippen molar-refractivity contribution in [2.75, 3.05) is 0 Å². The highest BCUT2D eigenvalue weighted by Gasteiger charge is 2.34. The Morgan fingerprint density at radius 3 is 2.39 bits per heavy atom. The molecule has 5 heteroatoms. The van der Waals surface area contributed by atoms with E-state index in [0.29, 0.717) is 5.56 Å². The van der Waals surface area contributed by atoms with Gasteiger partial charge in [0.1, 0.15) is 5.82 Å². The summed E-state index contributed by atoms with van der Waals surface area (Å²) in [6, 6.07) is 2.45. The third-order valence-electron chi connectivity index (χ3n) is 3.04. The Balaban J connectivity index is 3.05. The van der Waals surface area contributed by atoms with E-state index in [9.17, 15) is 17.6 Å². The zero-order valence-electron chi connectivity index (χ0n) is 10.4. The molecule has 1 aromatic rings. The molecular formula is C13H17F4N. The molecule has 0 heterocycles. The SMILES string of the molecule is CCCC(C)C(N)c1ccc(F)c(C(F)(F)F)c1. The van der Waals surface area contributed by atoms with E-state index < -0.39 is 23.6 Å². The van der Waals surface area contributed by atoms with Crippen molar-refractivity contribution in [2.24, 2.45) is 11.7 Å². The van der Waals surface area contributed by atoms with Gasteiger partial charge in [0.15, 0.2) is 0 Å². The number of benzene rings is 1. The minimum atomic E-state index is -4.69. The number of halogens is 4. The van der Waals surface area contributed by atoms with Gasteiger partial charge in [-0.3, -0.25) is 0 Å². The molecule has 2 N–H and O–H groups in total. The first-order chi connectivity index (χ1) is 8.27. The van der Waals surface area contributed by atoms with Crippen LogP contribution in [0.15, 0.2) is 18.2 Å². The molecule has 0 saturated carbocycles. The van der Waals surface area contributed by atoms with Crippen molar-refractivity contribution in [2.45, 2.75) is 38.9 Å². The summed E-state index contributed by atoms with van der Waals surface area (Å²) in [5.74, 6) is -1.21. The first kappa shape index (κ1) is 15.0. The highest BCUT2D eigenvalue weighted by atomic mass is 19.4. The maximum Gasteiger partial charge on any atom is 0.419 e. The molecule has 2 unspecified atom stereocenters. The highest BCUT2D eigenvalue weighted by molar-refractivity contribution is 5.29. The summed E-state index contributed by atoms with van der Waals surface area (Å²) in [4.78, 5) is 0. The van der Waals surface area contributed by atoms with Gasteiger partial charge in [0.2, 0.25) is 0 Å². The third kappa shape index (κ3) is 3.45. The topological polar surface area (TPSA) is 26.0 Å². The molecule has 102 valence electrons. The van der Waals surface area contributed by atoms with Crippen LogP contribution < -0.4 is 5.73 Å². The van der Waals surface area contributed by atoms with Crippen molar-refractivity contribution >= 4 is 0 Å². The summed E-state index contributed by atoms with van der Waals surface area (Å²) in [6.07, 6.45) is -2.96. The van der Waals surface area contributed by atoms with Gasteiger partial charge in [0.25, 0.3) is 0 Å². The first-order valence-corrected chi connectivity index (χ1v) is 5.89. The summed E-state index contributed by atoms with van der Waals surface area (Å²) in [5.41, 5.74) is 4.97. The summed E-state index contributed by atoms with van der Waals surface area (Å²) >= 11 is 0. The molecule has 0 aliphatic carbocycles. The van der Waals surface area contributed by atoms with Crippen LogP contribution in [0.4, 0.5) is 17.6 Å². The average Bonchev–Trinajstić information content (AvgIpc) is 2.27. The van der Waals surface area contributed by atoms with Crippen LogP contribution in [0.5, 0.6) is 0 Å². The fourth-order valence-electron chi connectivity index (χ4n) is 1.93. The third-order valence-corrected chi connectivity index (χ3v) is 3.04. The summed E-state index contributed by atoms with van der Waals surface area (Å²) in [6.45, 7) is 3.86. The lowest BCUT2D eigenvalue weighted by atomic mass is 9.91. The molecule has 0 fully saturated rings. The van der Waals surface area contributed by atoms with Crippen LogP contribution in [0.2, 0.25) is 0 Å². The van der Waals surface area contributed by atoms with Gasteiger partial charge < -0.3 is 5.73 Å². The second kappa shape index (κ2) is 5.69. The Morgan fingerprint density at radius 1 is 1.28 bits per heavy atom. The zero-order valence-corrected chi connectivity index (χ0v) is 10.4. The monoisotopic (exact) mass is 263 g/mol. The minimum absolute atomic E-state index is 0.0570. The maximum absolute atomic E-state index is 13.1. The molecule has 0 bridgehead atoms. The average molecular weight is 263 g/mol.